The Bertz CT molecular complexity index is 1470. The van der Waals surface area contributed by atoms with Gasteiger partial charge in [0, 0.05) is 12.6 Å². The molecule has 0 heterocycles. The maximum Gasteiger partial charge on any atom is 0.264 e. The molecule has 0 bridgehead atoms. The molecule has 0 spiro atoms. The molecule has 0 saturated carbocycles. The van der Waals surface area contributed by atoms with Gasteiger partial charge in [0.1, 0.15) is 18.4 Å². The minimum absolute atomic E-state index is 0.0187. The van der Waals surface area contributed by atoms with Crippen LogP contribution >= 0.6 is 34.8 Å². The number of rotatable bonds is 11. The summed E-state index contributed by atoms with van der Waals surface area (Å²) in [4.78, 5) is 28.1. The molecule has 0 radical (unpaired) electrons. The lowest BCUT2D eigenvalue weighted by atomic mass is 10.1. The summed E-state index contributed by atoms with van der Waals surface area (Å²) in [6.07, 6.45) is 0.674. The Balaban J connectivity index is 2.05. The number of carbonyl (C=O) groups is 2. The summed E-state index contributed by atoms with van der Waals surface area (Å²) in [7, 11) is -4.30. The first-order valence-electron chi connectivity index (χ1n) is 12.4. The number of hydrogen-bond acceptors (Lipinski definition) is 4. The van der Waals surface area contributed by atoms with Gasteiger partial charge in [0.25, 0.3) is 10.0 Å². The van der Waals surface area contributed by atoms with E-state index < -0.39 is 40.2 Å². The van der Waals surface area contributed by atoms with E-state index >= 15 is 0 Å². The number of amides is 2. The number of halogens is 4. The molecule has 0 unspecified atom stereocenters. The fraction of sp³-hybridized carbons (Fsp3) is 0.286. The average molecular weight is 629 g/mol. The molecule has 2 amide bonds. The second kappa shape index (κ2) is 13.7. The lowest BCUT2D eigenvalue weighted by Crippen LogP contribution is -2.52. The summed E-state index contributed by atoms with van der Waals surface area (Å²) < 4.78 is 42.3. The highest BCUT2D eigenvalue weighted by molar-refractivity contribution is 7.92. The summed E-state index contributed by atoms with van der Waals surface area (Å²) in [5.41, 5.74) is 0.558. The number of hydrogen-bond donors (Lipinski definition) is 1. The fourth-order valence-corrected chi connectivity index (χ4v) is 5.69. The van der Waals surface area contributed by atoms with Crippen LogP contribution in [0, 0.1) is 5.82 Å². The third kappa shape index (κ3) is 7.66. The van der Waals surface area contributed by atoms with Crippen molar-refractivity contribution in [3.8, 4) is 0 Å². The Kier molecular flexibility index (Phi) is 10.8. The van der Waals surface area contributed by atoms with Crippen molar-refractivity contribution in [2.24, 2.45) is 0 Å². The molecular formula is C28H29Cl3FN3O4S. The van der Waals surface area contributed by atoms with Gasteiger partial charge in [0.15, 0.2) is 0 Å². The Morgan fingerprint density at radius 2 is 1.60 bits per heavy atom. The van der Waals surface area contributed by atoms with Gasteiger partial charge in [-0.2, -0.15) is 0 Å². The van der Waals surface area contributed by atoms with E-state index in [0.717, 1.165) is 16.4 Å². The highest BCUT2D eigenvalue weighted by Crippen LogP contribution is 2.29. The molecule has 0 aliphatic heterocycles. The average Bonchev–Trinajstić information content (AvgIpc) is 2.93. The number of nitrogens with zero attached hydrogens (tertiary/aromatic N) is 2. The SMILES string of the molecule is CC[C@H](C)NC(=O)[C@H](C)N(Cc1ccc(Cl)c(Cl)c1)C(=O)CN(c1ccc(F)c(Cl)c1)S(=O)(=O)c1ccccc1. The molecular weight excluding hydrogens is 600 g/mol. The van der Waals surface area contributed by atoms with Crippen molar-refractivity contribution in [1.82, 2.24) is 10.2 Å². The van der Waals surface area contributed by atoms with Crippen molar-refractivity contribution in [3.05, 3.63) is 93.2 Å². The van der Waals surface area contributed by atoms with Gasteiger partial charge in [0.05, 0.1) is 25.7 Å². The third-order valence-electron chi connectivity index (χ3n) is 6.31. The smallest absolute Gasteiger partial charge is 0.264 e. The van der Waals surface area contributed by atoms with Crippen LogP contribution in [0.4, 0.5) is 10.1 Å². The summed E-state index contributed by atoms with van der Waals surface area (Å²) in [6.45, 7) is 4.55. The second-order valence-electron chi connectivity index (χ2n) is 9.19. The summed E-state index contributed by atoms with van der Waals surface area (Å²) in [6, 6.07) is 14.6. The van der Waals surface area contributed by atoms with Crippen LogP contribution in [0.25, 0.3) is 0 Å². The number of anilines is 1. The lowest BCUT2D eigenvalue weighted by molar-refractivity contribution is -0.139. The van der Waals surface area contributed by atoms with Gasteiger partial charge in [-0.1, -0.05) is 66.0 Å². The number of sulfonamides is 1. The van der Waals surface area contributed by atoms with E-state index in [1.165, 1.54) is 23.1 Å². The van der Waals surface area contributed by atoms with Gasteiger partial charge in [-0.05, 0) is 68.3 Å². The van der Waals surface area contributed by atoms with E-state index in [4.69, 9.17) is 34.8 Å². The minimum atomic E-state index is -4.30. The summed E-state index contributed by atoms with van der Waals surface area (Å²) in [5.74, 6) is -1.84. The zero-order valence-electron chi connectivity index (χ0n) is 22.1. The molecule has 3 aromatic rings. The van der Waals surface area contributed by atoms with Crippen LogP contribution in [-0.2, 0) is 26.2 Å². The normalized spacial score (nSPS) is 12.9. The number of carbonyl (C=O) groups excluding carboxylic acids is 2. The second-order valence-corrected chi connectivity index (χ2v) is 12.3. The maximum atomic E-state index is 14.0. The van der Waals surface area contributed by atoms with Crippen molar-refractivity contribution in [1.29, 1.82) is 0 Å². The Morgan fingerprint density at radius 1 is 0.925 bits per heavy atom. The zero-order chi connectivity index (χ0) is 29.6. The molecule has 2 atom stereocenters. The van der Waals surface area contributed by atoms with Crippen LogP contribution in [0.1, 0.15) is 32.8 Å². The van der Waals surface area contributed by atoms with Gasteiger partial charge in [-0.15, -0.1) is 0 Å². The van der Waals surface area contributed by atoms with Gasteiger partial charge < -0.3 is 10.2 Å². The molecule has 1 N–H and O–H groups in total. The topological polar surface area (TPSA) is 86.8 Å². The Hall–Kier alpha value is -2.85. The largest absolute Gasteiger partial charge is 0.352 e. The van der Waals surface area contributed by atoms with Crippen LogP contribution in [-0.4, -0.2) is 43.8 Å². The lowest BCUT2D eigenvalue weighted by Gasteiger charge is -2.32. The molecule has 3 aromatic carbocycles. The molecule has 0 aromatic heterocycles. The van der Waals surface area contributed by atoms with Crippen molar-refractivity contribution in [2.75, 3.05) is 10.8 Å². The molecule has 0 aliphatic carbocycles. The molecule has 0 saturated heterocycles. The van der Waals surface area contributed by atoms with Gasteiger partial charge >= 0.3 is 0 Å². The molecule has 3 rings (SSSR count). The van der Waals surface area contributed by atoms with Gasteiger partial charge in [-0.25, -0.2) is 12.8 Å². The van der Waals surface area contributed by atoms with Crippen molar-refractivity contribution in [3.63, 3.8) is 0 Å². The molecule has 214 valence electrons. The van der Waals surface area contributed by atoms with Crippen molar-refractivity contribution < 1.29 is 22.4 Å². The summed E-state index contributed by atoms with van der Waals surface area (Å²) >= 11 is 18.2. The van der Waals surface area contributed by atoms with Crippen LogP contribution in [0.5, 0.6) is 0 Å². The van der Waals surface area contributed by atoms with Crippen LogP contribution in [0.3, 0.4) is 0 Å². The van der Waals surface area contributed by atoms with Gasteiger partial charge in [-0.3, -0.25) is 13.9 Å². The van der Waals surface area contributed by atoms with Gasteiger partial charge in [0.2, 0.25) is 11.8 Å². The highest BCUT2D eigenvalue weighted by atomic mass is 35.5. The van der Waals surface area contributed by atoms with Crippen LogP contribution in [0.2, 0.25) is 15.1 Å². The quantitative estimate of drug-likeness (QED) is 0.270. The van der Waals surface area contributed by atoms with Crippen LogP contribution in [0.15, 0.2) is 71.6 Å². The Labute approximate surface area is 248 Å². The molecule has 7 nitrogen and oxygen atoms in total. The van der Waals surface area contributed by atoms with Crippen LogP contribution < -0.4 is 9.62 Å². The van der Waals surface area contributed by atoms with E-state index in [-0.39, 0.29) is 33.2 Å². The predicted molar refractivity (Wildman–Crippen MR) is 157 cm³/mol. The first-order valence-corrected chi connectivity index (χ1v) is 15.0. The van der Waals surface area contributed by atoms with E-state index in [1.54, 1.807) is 43.3 Å². The first-order chi connectivity index (χ1) is 18.8. The van der Waals surface area contributed by atoms with E-state index in [1.807, 2.05) is 13.8 Å². The fourth-order valence-electron chi connectivity index (χ4n) is 3.77. The highest BCUT2D eigenvalue weighted by Gasteiger charge is 2.33. The van der Waals surface area contributed by atoms with Crippen molar-refractivity contribution in [2.45, 2.75) is 50.7 Å². The van der Waals surface area contributed by atoms with E-state index in [9.17, 15) is 22.4 Å². The maximum absolute atomic E-state index is 14.0. The predicted octanol–water partition coefficient (Wildman–Crippen LogP) is 6.31. The monoisotopic (exact) mass is 627 g/mol. The number of nitrogens with one attached hydrogen (secondary N) is 1. The standard InChI is InChI=1S/C28H29Cl3FN3O4S/c1-4-18(2)33-28(37)19(3)34(16-20-10-12-23(29)24(30)14-20)27(36)17-35(21-11-13-26(32)25(31)15-21)40(38,39)22-8-6-5-7-9-22/h5-15,18-19H,4,16-17H2,1-3H3,(H,33,37)/t18-,19-/m0/s1. The van der Waals surface area contributed by atoms with Crippen molar-refractivity contribution >= 4 is 62.3 Å². The summed E-state index contributed by atoms with van der Waals surface area (Å²) in [5, 5.41) is 3.12. The molecule has 12 heteroatoms. The molecule has 0 fully saturated rings. The third-order valence-corrected chi connectivity index (χ3v) is 9.12. The zero-order valence-corrected chi connectivity index (χ0v) is 25.2. The minimum Gasteiger partial charge on any atom is -0.352 e. The van der Waals surface area contributed by atoms with E-state index in [2.05, 4.69) is 5.32 Å². The van der Waals surface area contributed by atoms with E-state index in [0.29, 0.717) is 17.0 Å². The number of benzene rings is 3. The molecule has 0 aliphatic rings. The Morgan fingerprint density at radius 3 is 2.20 bits per heavy atom. The first kappa shape index (κ1) is 31.7. The molecule has 40 heavy (non-hydrogen) atoms.